The first-order valence-corrected chi connectivity index (χ1v) is 7.49. The lowest BCUT2D eigenvalue weighted by Crippen LogP contribution is -1.99. The number of hydrogen-bond donors (Lipinski definition) is 0. The zero-order chi connectivity index (χ0) is 14.8. The Morgan fingerprint density at radius 2 is 1.86 bits per heavy atom. The Balaban J connectivity index is 1.87. The van der Waals surface area contributed by atoms with Crippen LogP contribution in [0.25, 0.3) is 10.8 Å². The van der Waals surface area contributed by atoms with Crippen LogP contribution in [-0.2, 0) is 6.61 Å². The van der Waals surface area contributed by atoms with Gasteiger partial charge in [-0.15, -0.1) is 0 Å². The zero-order valence-electron chi connectivity index (χ0n) is 11.6. The van der Waals surface area contributed by atoms with Gasteiger partial charge in [0.05, 0.1) is 4.47 Å². The second-order valence-electron chi connectivity index (χ2n) is 4.96. The van der Waals surface area contributed by atoms with Gasteiger partial charge in [-0.25, -0.2) is 4.39 Å². The van der Waals surface area contributed by atoms with Crippen LogP contribution in [0.3, 0.4) is 0 Å². The Hall–Kier alpha value is -1.87. The highest BCUT2D eigenvalue weighted by atomic mass is 79.9. The molecule has 0 aliphatic rings. The lowest BCUT2D eigenvalue weighted by Gasteiger charge is -2.12. The Kier molecular flexibility index (Phi) is 3.93. The van der Waals surface area contributed by atoms with Crippen molar-refractivity contribution in [2.75, 3.05) is 0 Å². The molecule has 106 valence electrons. The summed E-state index contributed by atoms with van der Waals surface area (Å²) in [5.41, 5.74) is 1.88. The molecule has 0 saturated heterocycles. The highest BCUT2D eigenvalue weighted by molar-refractivity contribution is 9.10. The molecular weight excluding hydrogens is 331 g/mol. The van der Waals surface area contributed by atoms with Crippen LogP contribution in [0.1, 0.15) is 11.1 Å². The maximum absolute atomic E-state index is 13.1. The van der Waals surface area contributed by atoms with E-state index in [4.69, 9.17) is 4.74 Å². The molecule has 0 saturated carbocycles. The van der Waals surface area contributed by atoms with Crippen molar-refractivity contribution in [3.05, 3.63) is 76.0 Å². The molecule has 0 unspecified atom stereocenters. The topological polar surface area (TPSA) is 9.23 Å². The van der Waals surface area contributed by atoms with Crippen LogP contribution in [0.4, 0.5) is 4.39 Å². The van der Waals surface area contributed by atoms with E-state index >= 15 is 0 Å². The monoisotopic (exact) mass is 344 g/mol. The highest BCUT2D eigenvalue weighted by Gasteiger charge is 2.07. The number of aryl methyl sites for hydroxylation is 1. The third-order valence-electron chi connectivity index (χ3n) is 3.52. The summed E-state index contributed by atoms with van der Waals surface area (Å²) < 4.78 is 19.9. The molecule has 0 heterocycles. The van der Waals surface area contributed by atoms with E-state index in [-0.39, 0.29) is 5.82 Å². The average molecular weight is 345 g/mol. The molecule has 0 N–H and O–H groups in total. The molecule has 3 rings (SSSR count). The first-order chi connectivity index (χ1) is 10.1. The summed E-state index contributed by atoms with van der Waals surface area (Å²) in [5.74, 6) is 0.570. The molecule has 1 nitrogen and oxygen atoms in total. The largest absolute Gasteiger partial charge is 0.488 e. The van der Waals surface area contributed by atoms with Crippen molar-refractivity contribution in [3.8, 4) is 5.75 Å². The zero-order valence-corrected chi connectivity index (χ0v) is 13.2. The van der Waals surface area contributed by atoms with Gasteiger partial charge in [0.15, 0.2) is 0 Å². The summed E-state index contributed by atoms with van der Waals surface area (Å²) in [6.07, 6.45) is 0. The number of fused-ring (bicyclic) bond motifs is 1. The Morgan fingerprint density at radius 3 is 2.67 bits per heavy atom. The molecule has 0 aliphatic carbocycles. The minimum atomic E-state index is -0.219. The van der Waals surface area contributed by atoms with Gasteiger partial charge in [0, 0.05) is 0 Å². The number of halogens is 2. The van der Waals surface area contributed by atoms with Crippen molar-refractivity contribution in [2.45, 2.75) is 13.5 Å². The molecular formula is C18H14BrFO. The summed E-state index contributed by atoms with van der Waals surface area (Å²) in [4.78, 5) is 0. The van der Waals surface area contributed by atoms with Gasteiger partial charge in [0.25, 0.3) is 0 Å². The molecule has 0 aromatic heterocycles. The van der Waals surface area contributed by atoms with Gasteiger partial charge in [-0.05, 0) is 63.0 Å². The molecule has 0 bridgehead atoms. The van der Waals surface area contributed by atoms with E-state index in [1.54, 1.807) is 6.07 Å². The molecule has 3 aromatic rings. The minimum absolute atomic E-state index is 0.219. The van der Waals surface area contributed by atoms with Crippen LogP contribution in [0.15, 0.2) is 59.1 Å². The van der Waals surface area contributed by atoms with Gasteiger partial charge in [-0.1, -0.05) is 36.4 Å². The summed E-state index contributed by atoms with van der Waals surface area (Å²) in [6, 6.07) is 16.9. The fraction of sp³-hybridized carbons (Fsp3) is 0.111. The fourth-order valence-corrected chi connectivity index (χ4v) is 2.91. The Morgan fingerprint density at radius 1 is 1.05 bits per heavy atom. The predicted octanol–water partition coefficient (Wildman–Crippen LogP) is 5.63. The van der Waals surface area contributed by atoms with E-state index in [1.807, 2.05) is 31.2 Å². The first kappa shape index (κ1) is 14.1. The number of benzene rings is 3. The van der Waals surface area contributed by atoms with Gasteiger partial charge in [0.2, 0.25) is 0 Å². The van der Waals surface area contributed by atoms with Gasteiger partial charge in [-0.3, -0.25) is 0 Å². The van der Waals surface area contributed by atoms with E-state index in [1.165, 1.54) is 12.1 Å². The van der Waals surface area contributed by atoms with Crippen LogP contribution in [0.5, 0.6) is 5.75 Å². The SMILES string of the molecule is Cc1cc(F)ccc1COc1ccc2ccccc2c1Br. The quantitative estimate of drug-likeness (QED) is 0.598. The van der Waals surface area contributed by atoms with Crippen molar-refractivity contribution in [2.24, 2.45) is 0 Å². The second-order valence-corrected chi connectivity index (χ2v) is 5.75. The Labute approximate surface area is 131 Å². The smallest absolute Gasteiger partial charge is 0.134 e. The maximum atomic E-state index is 13.1. The normalized spacial score (nSPS) is 10.8. The lowest BCUT2D eigenvalue weighted by molar-refractivity contribution is 0.304. The van der Waals surface area contributed by atoms with Gasteiger partial charge >= 0.3 is 0 Å². The highest BCUT2D eigenvalue weighted by Crippen LogP contribution is 2.33. The summed E-state index contributed by atoms with van der Waals surface area (Å²) >= 11 is 3.60. The summed E-state index contributed by atoms with van der Waals surface area (Å²) in [5, 5.41) is 2.28. The number of hydrogen-bond acceptors (Lipinski definition) is 1. The van der Waals surface area contributed by atoms with Crippen molar-refractivity contribution >= 4 is 26.7 Å². The molecule has 21 heavy (non-hydrogen) atoms. The maximum Gasteiger partial charge on any atom is 0.134 e. The van der Waals surface area contributed by atoms with Gasteiger partial charge < -0.3 is 4.74 Å². The van der Waals surface area contributed by atoms with E-state index in [0.29, 0.717) is 6.61 Å². The first-order valence-electron chi connectivity index (χ1n) is 6.70. The van der Waals surface area contributed by atoms with Crippen molar-refractivity contribution in [3.63, 3.8) is 0 Å². The molecule has 3 aromatic carbocycles. The minimum Gasteiger partial charge on any atom is -0.488 e. The second kappa shape index (κ2) is 5.86. The van der Waals surface area contributed by atoms with Gasteiger partial charge in [-0.2, -0.15) is 0 Å². The molecule has 0 atom stereocenters. The number of rotatable bonds is 3. The molecule has 3 heteroatoms. The Bertz CT molecular complexity index is 798. The van der Waals surface area contributed by atoms with E-state index in [9.17, 15) is 4.39 Å². The molecule has 0 fully saturated rings. The molecule has 0 spiro atoms. The third kappa shape index (κ3) is 2.93. The fourth-order valence-electron chi connectivity index (χ4n) is 2.30. The molecule has 0 amide bonds. The van der Waals surface area contributed by atoms with E-state index in [2.05, 4.69) is 28.1 Å². The van der Waals surface area contributed by atoms with E-state index < -0.39 is 0 Å². The van der Waals surface area contributed by atoms with Crippen LogP contribution < -0.4 is 4.74 Å². The van der Waals surface area contributed by atoms with Crippen LogP contribution >= 0.6 is 15.9 Å². The summed E-state index contributed by atoms with van der Waals surface area (Å²) in [7, 11) is 0. The summed E-state index contributed by atoms with van der Waals surface area (Å²) in [6.45, 7) is 2.31. The van der Waals surface area contributed by atoms with Crippen LogP contribution in [0, 0.1) is 12.7 Å². The molecule has 0 radical (unpaired) electrons. The van der Waals surface area contributed by atoms with Gasteiger partial charge in [0.1, 0.15) is 18.2 Å². The predicted molar refractivity (Wildman–Crippen MR) is 87.1 cm³/mol. The molecule has 0 aliphatic heterocycles. The van der Waals surface area contributed by atoms with Crippen LogP contribution in [0.2, 0.25) is 0 Å². The lowest BCUT2D eigenvalue weighted by atomic mass is 10.1. The van der Waals surface area contributed by atoms with Crippen molar-refractivity contribution in [1.29, 1.82) is 0 Å². The van der Waals surface area contributed by atoms with Crippen LogP contribution in [-0.4, -0.2) is 0 Å². The number of ether oxygens (including phenoxy) is 1. The average Bonchev–Trinajstić information content (AvgIpc) is 2.48. The van der Waals surface area contributed by atoms with Crippen molar-refractivity contribution < 1.29 is 9.13 Å². The standard InChI is InChI=1S/C18H14BrFO/c1-12-10-15(20)8-6-14(12)11-21-17-9-7-13-4-2-3-5-16(13)18(17)19/h2-10H,11H2,1H3. The van der Waals surface area contributed by atoms with Crippen molar-refractivity contribution in [1.82, 2.24) is 0 Å². The third-order valence-corrected chi connectivity index (χ3v) is 4.33. The van der Waals surface area contributed by atoms with E-state index in [0.717, 1.165) is 32.1 Å².